The van der Waals surface area contributed by atoms with Crippen LogP contribution in [0.3, 0.4) is 0 Å². The van der Waals surface area contributed by atoms with Crippen molar-refractivity contribution in [1.82, 2.24) is 4.90 Å². The molecule has 1 atom stereocenters. The highest BCUT2D eigenvalue weighted by Gasteiger charge is 2.20. The minimum Gasteiger partial charge on any atom is -0.447 e. The Morgan fingerprint density at radius 2 is 2.44 bits per heavy atom. The fourth-order valence-corrected chi connectivity index (χ4v) is 1.69. The highest BCUT2D eigenvalue weighted by Crippen LogP contribution is 2.06. The lowest BCUT2D eigenvalue weighted by Crippen LogP contribution is -2.45. The molecule has 1 aliphatic heterocycles. The van der Waals surface area contributed by atoms with E-state index in [9.17, 15) is 4.79 Å². The summed E-state index contributed by atoms with van der Waals surface area (Å²) in [5.41, 5.74) is 4.90. The van der Waals surface area contributed by atoms with Crippen molar-refractivity contribution >= 4 is 6.09 Å². The van der Waals surface area contributed by atoms with E-state index in [2.05, 4.69) is 4.90 Å². The van der Waals surface area contributed by atoms with Crippen LogP contribution < -0.4 is 5.73 Å². The van der Waals surface area contributed by atoms with Crippen molar-refractivity contribution in [1.29, 1.82) is 0 Å². The highest BCUT2D eigenvalue weighted by atomic mass is 16.6. The average molecular weight is 232 g/mol. The molecule has 0 spiro atoms. The molecule has 16 heavy (non-hydrogen) atoms. The van der Waals surface area contributed by atoms with Gasteiger partial charge >= 0.3 is 6.09 Å². The van der Waals surface area contributed by atoms with Crippen molar-refractivity contribution in [2.24, 2.45) is 5.73 Å². The Morgan fingerprint density at radius 3 is 3.12 bits per heavy atom. The molecule has 1 heterocycles. The topological polar surface area (TPSA) is 74.0 Å². The van der Waals surface area contributed by atoms with E-state index >= 15 is 0 Å². The quantitative estimate of drug-likeness (QED) is 0.643. The predicted molar refractivity (Wildman–Crippen MR) is 58.2 cm³/mol. The van der Waals surface area contributed by atoms with Crippen molar-refractivity contribution in [3.05, 3.63) is 0 Å². The van der Waals surface area contributed by atoms with Gasteiger partial charge in [0.25, 0.3) is 0 Å². The number of rotatable bonds is 6. The van der Waals surface area contributed by atoms with Crippen LogP contribution in [-0.4, -0.2) is 63.7 Å². The molecule has 94 valence electrons. The molecule has 1 unspecified atom stereocenters. The number of ether oxygens (including phenoxy) is 3. The second-order valence-corrected chi connectivity index (χ2v) is 3.77. The van der Waals surface area contributed by atoms with Gasteiger partial charge in [0.05, 0.1) is 6.61 Å². The summed E-state index contributed by atoms with van der Waals surface area (Å²) in [6, 6.07) is 0. The number of nitrogens with two attached hydrogens (primary N) is 1. The van der Waals surface area contributed by atoms with Gasteiger partial charge < -0.3 is 19.9 Å². The third-order valence-corrected chi connectivity index (χ3v) is 2.46. The number of nitrogens with zero attached hydrogens (tertiary/aromatic N) is 1. The molecule has 0 radical (unpaired) electrons. The van der Waals surface area contributed by atoms with Gasteiger partial charge in [-0.1, -0.05) is 0 Å². The summed E-state index contributed by atoms with van der Waals surface area (Å²) in [5, 5.41) is 0. The van der Waals surface area contributed by atoms with E-state index in [1.807, 2.05) is 0 Å². The molecule has 0 saturated carbocycles. The van der Waals surface area contributed by atoms with Crippen LogP contribution in [0.2, 0.25) is 0 Å². The van der Waals surface area contributed by atoms with Gasteiger partial charge in [-0.2, -0.15) is 0 Å². The van der Waals surface area contributed by atoms with Crippen molar-refractivity contribution in [3.63, 3.8) is 0 Å². The van der Waals surface area contributed by atoms with Crippen LogP contribution in [0.1, 0.15) is 6.42 Å². The highest BCUT2D eigenvalue weighted by molar-refractivity contribution is 5.64. The Bertz CT molecular complexity index is 213. The molecule has 0 aromatic rings. The lowest BCUT2D eigenvalue weighted by atomic mass is 10.2. The van der Waals surface area contributed by atoms with Crippen molar-refractivity contribution in [2.45, 2.75) is 12.5 Å². The third kappa shape index (κ3) is 5.29. The molecule has 1 fully saturated rings. The number of carbonyl (C=O) groups is 1. The second-order valence-electron chi connectivity index (χ2n) is 3.77. The summed E-state index contributed by atoms with van der Waals surface area (Å²) in [6.45, 7) is 4.33. The maximum absolute atomic E-state index is 10.4. The number of primary amides is 1. The smallest absolute Gasteiger partial charge is 0.404 e. The molecule has 1 saturated heterocycles. The van der Waals surface area contributed by atoms with Crippen LogP contribution in [0.15, 0.2) is 0 Å². The molecular formula is C10H20N2O4. The van der Waals surface area contributed by atoms with Crippen LogP contribution in [0.25, 0.3) is 0 Å². The molecule has 0 aromatic heterocycles. The van der Waals surface area contributed by atoms with Gasteiger partial charge in [-0.15, -0.1) is 0 Å². The lowest BCUT2D eigenvalue weighted by Gasteiger charge is -2.32. The van der Waals surface area contributed by atoms with Gasteiger partial charge in [-0.05, 0) is 6.42 Å². The van der Waals surface area contributed by atoms with Crippen molar-refractivity contribution in [3.8, 4) is 0 Å². The third-order valence-electron chi connectivity index (χ3n) is 2.46. The molecule has 1 amide bonds. The Labute approximate surface area is 95.6 Å². The molecule has 1 aliphatic rings. The van der Waals surface area contributed by atoms with Crippen LogP contribution >= 0.6 is 0 Å². The molecule has 2 N–H and O–H groups in total. The number of morpholine rings is 1. The molecule has 0 aliphatic carbocycles. The molecule has 0 aromatic carbocycles. The van der Waals surface area contributed by atoms with Gasteiger partial charge in [0.1, 0.15) is 12.7 Å². The summed E-state index contributed by atoms with van der Waals surface area (Å²) < 4.78 is 15.2. The number of carbonyl (C=O) groups excluding carboxylic acids is 1. The zero-order chi connectivity index (χ0) is 11.8. The summed E-state index contributed by atoms with van der Waals surface area (Å²) in [5.74, 6) is 0. The Kier molecular flexibility index (Phi) is 6.14. The van der Waals surface area contributed by atoms with Crippen LogP contribution in [0.4, 0.5) is 4.79 Å². The molecule has 6 nitrogen and oxygen atoms in total. The van der Waals surface area contributed by atoms with E-state index in [0.717, 1.165) is 32.7 Å². The fourth-order valence-electron chi connectivity index (χ4n) is 1.69. The van der Waals surface area contributed by atoms with Crippen molar-refractivity contribution in [2.75, 3.05) is 46.6 Å². The Morgan fingerprint density at radius 1 is 1.62 bits per heavy atom. The zero-order valence-electron chi connectivity index (χ0n) is 9.68. The van der Waals surface area contributed by atoms with E-state index in [-0.39, 0.29) is 12.7 Å². The van der Waals surface area contributed by atoms with E-state index < -0.39 is 6.09 Å². The SMILES string of the molecule is COCCCN1CCOC(COC(N)=O)C1. The van der Waals surface area contributed by atoms with Crippen LogP contribution in [0, 0.1) is 0 Å². The van der Waals surface area contributed by atoms with Gasteiger partial charge in [-0.3, -0.25) is 4.90 Å². The van der Waals surface area contributed by atoms with Gasteiger partial charge in [0.2, 0.25) is 0 Å². The van der Waals surface area contributed by atoms with E-state index in [1.54, 1.807) is 7.11 Å². The average Bonchev–Trinajstić information content (AvgIpc) is 2.27. The first-order valence-corrected chi connectivity index (χ1v) is 5.47. The van der Waals surface area contributed by atoms with Crippen LogP contribution in [-0.2, 0) is 14.2 Å². The first kappa shape index (κ1) is 13.2. The summed E-state index contributed by atoms with van der Waals surface area (Å²) in [7, 11) is 1.70. The lowest BCUT2D eigenvalue weighted by molar-refractivity contribution is -0.0556. The summed E-state index contributed by atoms with van der Waals surface area (Å²) >= 11 is 0. The Hall–Kier alpha value is -0.850. The molecule has 0 bridgehead atoms. The molecular weight excluding hydrogens is 212 g/mol. The minimum atomic E-state index is -0.750. The minimum absolute atomic E-state index is 0.0659. The number of methoxy groups -OCH3 is 1. The number of hydrogen-bond acceptors (Lipinski definition) is 5. The van der Waals surface area contributed by atoms with Crippen LogP contribution in [0.5, 0.6) is 0 Å². The van der Waals surface area contributed by atoms with Crippen molar-refractivity contribution < 1.29 is 19.0 Å². The Balaban J connectivity index is 2.16. The molecule has 1 rings (SSSR count). The predicted octanol–water partition coefficient (Wildman–Crippen LogP) is -0.181. The first-order valence-electron chi connectivity index (χ1n) is 5.47. The monoisotopic (exact) mass is 232 g/mol. The summed E-state index contributed by atoms with van der Waals surface area (Å²) in [6.07, 6.45) is 0.184. The number of amides is 1. The van der Waals surface area contributed by atoms with E-state index in [1.165, 1.54) is 0 Å². The maximum atomic E-state index is 10.4. The molecule has 6 heteroatoms. The fraction of sp³-hybridized carbons (Fsp3) is 0.900. The summed E-state index contributed by atoms with van der Waals surface area (Å²) in [4.78, 5) is 12.7. The largest absolute Gasteiger partial charge is 0.447 e. The van der Waals surface area contributed by atoms with Gasteiger partial charge in [-0.25, -0.2) is 4.79 Å². The standard InChI is InChI=1S/C10H20N2O4/c1-14-5-2-3-12-4-6-15-9(7-12)8-16-10(11)13/h9H,2-8H2,1H3,(H2,11,13). The maximum Gasteiger partial charge on any atom is 0.404 e. The van der Waals surface area contributed by atoms with E-state index in [4.69, 9.17) is 19.9 Å². The van der Waals surface area contributed by atoms with Gasteiger partial charge in [0, 0.05) is 33.4 Å². The van der Waals surface area contributed by atoms with E-state index in [0.29, 0.717) is 6.61 Å². The zero-order valence-corrected chi connectivity index (χ0v) is 9.68. The second kappa shape index (κ2) is 7.43. The first-order chi connectivity index (χ1) is 7.72. The van der Waals surface area contributed by atoms with Gasteiger partial charge in [0.15, 0.2) is 0 Å². The number of hydrogen-bond donors (Lipinski definition) is 1. The normalized spacial score (nSPS) is 21.9.